The summed E-state index contributed by atoms with van der Waals surface area (Å²) in [5.41, 5.74) is 0.991. The minimum Gasteiger partial charge on any atom is -0.322 e. The minimum atomic E-state index is -0.215. The van der Waals surface area contributed by atoms with Crippen molar-refractivity contribution in [2.75, 3.05) is 0 Å². The first-order valence-corrected chi connectivity index (χ1v) is 6.63. The number of amides is 1. The van der Waals surface area contributed by atoms with Gasteiger partial charge in [0.15, 0.2) is 0 Å². The molecule has 95 valence electrons. The van der Waals surface area contributed by atoms with Crippen LogP contribution in [0.2, 0.25) is 0 Å². The van der Waals surface area contributed by atoms with Gasteiger partial charge in [-0.1, -0.05) is 36.4 Å². The summed E-state index contributed by atoms with van der Waals surface area (Å²) in [6, 6.07) is 13.1. The molecule has 0 saturated carbocycles. The van der Waals surface area contributed by atoms with E-state index in [1.165, 1.54) is 11.3 Å². The standard InChI is InChI=1S/C15H12NO2S/c17-11-13(9-12-5-2-1-3-6-12)16-15(18)10-14-7-4-8-19-14/h1-9H,10H2,(H,16,18). The van der Waals surface area contributed by atoms with E-state index in [2.05, 4.69) is 5.32 Å². The van der Waals surface area contributed by atoms with E-state index in [4.69, 9.17) is 0 Å². The molecule has 0 spiro atoms. The van der Waals surface area contributed by atoms with E-state index in [-0.39, 0.29) is 18.0 Å². The van der Waals surface area contributed by atoms with Crippen molar-refractivity contribution < 1.29 is 9.59 Å². The lowest BCUT2D eigenvalue weighted by Crippen LogP contribution is -2.24. The number of thiophene rings is 1. The van der Waals surface area contributed by atoms with Crippen LogP contribution in [0.4, 0.5) is 0 Å². The second-order valence-electron chi connectivity index (χ2n) is 3.88. The second kappa shape index (κ2) is 6.66. The molecular weight excluding hydrogens is 258 g/mol. The molecule has 3 nitrogen and oxygen atoms in total. The summed E-state index contributed by atoms with van der Waals surface area (Å²) in [6.07, 6.45) is 3.61. The highest BCUT2D eigenvalue weighted by atomic mass is 32.1. The van der Waals surface area contributed by atoms with Crippen LogP contribution < -0.4 is 5.32 Å². The fourth-order valence-electron chi connectivity index (χ4n) is 1.57. The quantitative estimate of drug-likeness (QED) is 0.849. The maximum Gasteiger partial charge on any atom is 0.251 e. The van der Waals surface area contributed by atoms with Crippen LogP contribution in [0.5, 0.6) is 0 Å². The number of hydrogen-bond acceptors (Lipinski definition) is 3. The number of carbonyl (C=O) groups is 1. The Balaban J connectivity index is 2.01. The van der Waals surface area contributed by atoms with Crippen molar-refractivity contribution in [3.63, 3.8) is 0 Å². The largest absolute Gasteiger partial charge is 0.322 e. The number of carbonyl (C=O) groups excluding carboxylic acids is 2. The van der Waals surface area contributed by atoms with Gasteiger partial charge in [0.1, 0.15) is 0 Å². The third-order valence-corrected chi connectivity index (χ3v) is 3.29. The molecule has 1 aromatic carbocycles. The molecule has 2 aromatic rings. The van der Waals surface area contributed by atoms with Crippen molar-refractivity contribution in [2.45, 2.75) is 6.42 Å². The van der Waals surface area contributed by atoms with E-state index >= 15 is 0 Å². The molecule has 0 aliphatic carbocycles. The van der Waals surface area contributed by atoms with E-state index in [0.29, 0.717) is 0 Å². The summed E-state index contributed by atoms with van der Waals surface area (Å²) < 4.78 is 0. The smallest absolute Gasteiger partial charge is 0.251 e. The fourth-order valence-corrected chi connectivity index (χ4v) is 2.28. The van der Waals surface area contributed by atoms with Crippen LogP contribution in [0.15, 0.2) is 53.5 Å². The molecular formula is C15H12NO2S. The fraction of sp³-hybridized carbons (Fsp3) is 0.0667. The van der Waals surface area contributed by atoms with Crippen LogP contribution in [0.3, 0.4) is 0 Å². The van der Waals surface area contributed by atoms with Crippen molar-refractivity contribution in [1.82, 2.24) is 5.32 Å². The maximum absolute atomic E-state index is 11.7. The van der Waals surface area contributed by atoms with Gasteiger partial charge in [-0.3, -0.25) is 9.59 Å². The number of hydrogen-bond donors (Lipinski definition) is 1. The van der Waals surface area contributed by atoms with Gasteiger partial charge in [0.2, 0.25) is 5.91 Å². The van der Waals surface area contributed by atoms with E-state index < -0.39 is 0 Å². The Kier molecular flexibility index (Phi) is 4.64. The summed E-state index contributed by atoms with van der Waals surface area (Å²) in [5.74, 6) is -0.215. The molecule has 0 atom stereocenters. The predicted molar refractivity (Wildman–Crippen MR) is 76.3 cm³/mol. The average molecular weight is 270 g/mol. The maximum atomic E-state index is 11.7. The topological polar surface area (TPSA) is 46.2 Å². The molecule has 0 saturated heterocycles. The normalized spacial score (nSPS) is 11.1. The first-order chi connectivity index (χ1) is 9.28. The first kappa shape index (κ1) is 13.2. The molecule has 1 radical (unpaired) electrons. The summed E-state index contributed by atoms with van der Waals surface area (Å²) >= 11 is 1.51. The van der Waals surface area contributed by atoms with Gasteiger partial charge in [0, 0.05) is 4.88 Å². The van der Waals surface area contributed by atoms with Gasteiger partial charge < -0.3 is 5.32 Å². The lowest BCUT2D eigenvalue weighted by atomic mass is 10.2. The molecule has 1 amide bonds. The van der Waals surface area contributed by atoms with Gasteiger partial charge in [-0.25, -0.2) is 0 Å². The molecule has 0 unspecified atom stereocenters. The Morgan fingerprint density at radius 1 is 1.21 bits per heavy atom. The van der Waals surface area contributed by atoms with Gasteiger partial charge in [0.25, 0.3) is 6.29 Å². The van der Waals surface area contributed by atoms with Gasteiger partial charge in [-0.2, -0.15) is 0 Å². The average Bonchev–Trinajstić information content (AvgIpc) is 2.92. The third kappa shape index (κ3) is 4.19. The summed E-state index contributed by atoms with van der Waals surface area (Å²) in [6.45, 7) is 0. The highest BCUT2D eigenvalue weighted by Gasteiger charge is 2.06. The second-order valence-corrected chi connectivity index (χ2v) is 4.91. The van der Waals surface area contributed by atoms with E-state index in [1.807, 2.05) is 47.8 Å². The highest BCUT2D eigenvalue weighted by molar-refractivity contribution is 7.10. The first-order valence-electron chi connectivity index (χ1n) is 5.75. The van der Waals surface area contributed by atoms with Crippen LogP contribution in [0, 0.1) is 0 Å². The van der Waals surface area contributed by atoms with Crippen LogP contribution >= 0.6 is 11.3 Å². The van der Waals surface area contributed by atoms with Crippen LogP contribution in [0.1, 0.15) is 10.4 Å². The molecule has 0 aliphatic heterocycles. The number of rotatable bonds is 5. The zero-order chi connectivity index (χ0) is 13.5. The van der Waals surface area contributed by atoms with Crippen LogP contribution in [0.25, 0.3) is 6.08 Å². The van der Waals surface area contributed by atoms with Gasteiger partial charge in [-0.15, -0.1) is 11.3 Å². The van der Waals surface area contributed by atoms with Crippen LogP contribution in [-0.2, 0) is 16.0 Å². The van der Waals surface area contributed by atoms with E-state index in [0.717, 1.165) is 10.4 Å². The Morgan fingerprint density at radius 2 is 2.00 bits per heavy atom. The lowest BCUT2D eigenvalue weighted by molar-refractivity contribution is -0.119. The zero-order valence-electron chi connectivity index (χ0n) is 10.1. The molecule has 0 fully saturated rings. The molecule has 19 heavy (non-hydrogen) atoms. The van der Waals surface area contributed by atoms with Crippen molar-refractivity contribution >= 4 is 29.6 Å². The van der Waals surface area contributed by atoms with Gasteiger partial charge in [-0.05, 0) is 23.1 Å². The molecule has 0 bridgehead atoms. The Hall–Kier alpha value is -2.20. The van der Waals surface area contributed by atoms with Gasteiger partial charge >= 0.3 is 0 Å². The Labute approximate surface area is 115 Å². The monoisotopic (exact) mass is 270 g/mol. The van der Waals surface area contributed by atoms with Crippen molar-refractivity contribution in [3.05, 3.63) is 64.0 Å². The SMILES string of the molecule is O=[C]C(=Cc1ccccc1)NC(=O)Cc1cccs1. The lowest BCUT2D eigenvalue weighted by Gasteiger charge is -2.03. The van der Waals surface area contributed by atoms with Crippen molar-refractivity contribution in [3.8, 4) is 0 Å². The van der Waals surface area contributed by atoms with Crippen molar-refractivity contribution in [2.24, 2.45) is 0 Å². The van der Waals surface area contributed by atoms with E-state index in [9.17, 15) is 9.59 Å². The highest BCUT2D eigenvalue weighted by Crippen LogP contribution is 2.09. The molecule has 4 heteroatoms. The molecule has 1 aromatic heterocycles. The number of benzene rings is 1. The summed E-state index contributed by atoms with van der Waals surface area (Å²) in [4.78, 5) is 23.5. The molecule has 1 heterocycles. The molecule has 1 N–H and O–H groups in total. The predicted octanol–water partition coefficient (Wildman–Crippen LogP) is 2.56. The minimum absolute atomic E-state index is 0.146. The zero-order valence-corrected chi connectivity index (χ0v) is 10.9. The van der Waals surface area contributed by atoms with E-state index in [1.54, 1.807) is 12.4 Å². The van der Waals surface area contributed by atoms with Gasteiger partial charge in [0.05, 0.1) is 12.1 Å². The summed E-state index contributed by atoms with van der Waals surface area (Å²) in [5, 5.41) is 4.47. The number of allylic oxidation sites excluding steroid dienone is 1. The van der Waals surface area contributed by atoms with Crippen LogP contribution in [-0.4, -0.2) is 12.2 Å². The summed E-state index contributed by atoms with van der Waals surface area (Å²) in [7, 11) is 0. The third-order valence-electron chi connectivity index (χ3n) is 2.41. The molecule has 0 aliphatic rings. The number of nitrogens with one attached hydrogen (secondary N) is 1. The Bertz CT molecular complexity index is 573. The van der Waals surface area contributed by atoms with Crippen molar-refractivity contribution in [1.29, 1.82) is 0 Å². The Morgan fingerprint density at radius 3 is 2.63 bits per heavy atom. The molecule has 2 rings (SSSR count).